The van der Waals surface area contributed by atoms with Gasteiger partial charge >= 0.3 is 16.9 Å². The third kappa shape index (κ3) is 3.48. The van der Waals surface area contributed by atoms with E-state index in [0.29, 0.717) is 0 Å². The van der Waals surface area contributed by atoms with E-state index < -0.39 is 21.9 Å². The molecule has 0 spiro atoms. The van der Waals surface area contributed by atoms with Crippen molar-refractivity contribution in [2.75, 3.05) is 0 Å². The van der Waals surface area contributed by atoms with Crippen molar-refractivity contribution in [2.24, 2.45) is 10.8 Å². The van der Waals surface area contributed by atoms with Gasteiger partial charge in [0.15, 0.2) is 5.11 Å². The summed E-state index contributed by atoms with van der Waals surface area (Å²) in [6.07, 6.45) is 2.04. The highest BCUT2D eigenvalue weighted by Crippen LogP contribution is 1.97. The van der Waals surface area contributed by atoms with E-state index in [4.69, 9.17) is 5.73 Å². The van der Waals surface area contributed by atoms with Gasteiger partial charge in [0, 0.05) is 6.21 Å². The van der Waals surface area contributed by atoms with Crippen LogP contribution in [0.2, 0.25) is 0 Å². The number of aromatic amines is 1. The third-order valence-corrected chi connectivity index (χ3v) is 1.82. The number of aromatic nitrogens is 2. The molecule has 18 heavy (non-hydrogen) atoms. The van der Waals surface area contributed by atoms with Gasteiger partial charge in [0.25, 0.3) is 0 Å². The zero-order valence-corrected chi connectivity index (χ0v) is 9.64. The summed E-state index contributed by atoms with van der Waals surface area (Å²) in [5.41, 5.74) is 4.76. The number of hydrogen-bond donors (Lipinski definition) is 3. The molecule has 1 aromatic heterocycles. The molecule has 0 fully saturated rings. The van der Waals surface area contributed by atoms with E-state index in [0.717, 1.165) is 10.8 Å². The molecule has 0 bridgehead atoms. The van der Waals surface area contributed by atoms with Crippen LogP contribution in [0.15, 0.2) is 20.9 Å². The molecule has 10 nitrogen and oxygen atoms in total. The molecule has 0 saturated carbocycles. The lowest BCUT2D eigenvalue weighted by atomic mass is 10.5. The highest BCUT2D eigenvalue weighted by molar-refractivity contribution is 7.80. The zero-order chi connectivity index (χ0) is 13.7. The molecule has 0 aliphatic carbocycles. The maximum atomic E-state index is 11.3. The summed E-state index contributed by atoms with van der Waals surface area (Å²) in [5, 5.41) is 14.0. The zero-order valence-electron chi connectivity index (χ0n) is 8.82. The van der Waals surface area contributed by atoms with Gasteiger partial charge < -0.3 is 5.73 Å². The largest absolute Gasteiger partial charge is 0.375 e. The van der Waals surface area contributed by atoms with Gasteiger partial charge in [0.2, 0.25) is 0 Å². The van der Waals surface area contributed by atoms with Crippen LogP contribution >= 0.6 is 12.2 Å². The van der Waals surface area contributed by atoms with Crippen LogP contribution in [0.4, 0.5) is 5.69 Å². The number of rotatable bonds is 4. The van der Waals surface area contributed by atoms with E-state index in [-0.39, 0.29) is 11.7 Å². The van der Waals surface area contributed by atoms with Crippen molar-refractivity contribution in [1.82, 2.24) is 15.0 Å². The Morgan fingerprint density at radius 1 is 1.72 bits per heavy atom. The van der Waals surface area contributed by atoms with Crippen molar-refractivity contribution >= 4 is 29.2 Å². The lowest BCUT2D eigenvalue weighted by molar-refractivity contribution is -0.386. The molecular formula is C7H8N6O4S. The molecule has 4 N–H and O–H groups in total. The molecule has 96 valence electrons. The first kappa shape index (κ1) is 13.5. The van der Waals surface area contributed by atoms with Crippen LogP contribution in [-0.4, -0.2) is 25.8 Å². The molecule has 0 aliphatic rings. The Labute approximate surface area is 104 Å². The smallest absolute Gasteiger partial charge is 0.350 e. The second-order valence-corrected chi connectivity index (χ2v) is 3.41. The van der Waals surface area contributed by atoms with Gasteiger partial charge in [-0.2, -0.15) is 5.10 Å². The highest BCUT2D eigenvalue weighted by atomic mass is 32.1. The Morgan fingerprint density at radius 2 is 2.39 bits per heavy atom. The molecule has 11 heteroatoms. The van der Waals surface area contributed by atoms with E-state index >= 15 is 0 Å². The SMILES string of the molecule is NC(=S)NN=CCn1cc([N+](=O)[O-])c(=O)[nH]c1=O. The lowest BCUT2D eigenvalue weighted by Gasteiger charge is -2.00. The molecule has 1 heterocycles. The minimum atomic E-state index is -1.06. The Hall–Kier alpha value is -2.56. The standard InChI is InChI=1S/C7H8N6O4S/c8-6(18)11-9-1-2-12-3-4(13(16)17)5(14)10-7(12)15/h1,3H,2H2,(H3,8,11,18)(H,10,14,15). The van der Waals surface area contributed by atoms with Crippen molar-refractivity contribution in [3.8, 4) is 0 Å². The van der Waals surface area contributed by atoms with Crippen LogP contribution in [0.1, 0.15) is 0 Å². The average Bonchev–Trinajstić information content (AvgIpc) is 2.25. The van der Waals surface area contributed by atoms with Gasteiger partial charge in [-0.15, -0.1) is 0 Å². The Morgan fingerprint density at radius 3 is 2.94 bits per heavy atom. The number of nitrogens with two attached hydrogens (primary N) is 1. The molecule has 0 aliphatic heterocycles. The molecule has 0 saturated heterocycles. The number of nitrogens with one attached hydrogen (secondary N) is 2. The second kappa shape index (κ2) is 5.67. The van der Waals surface area contributed by atoms with Crippen LogP contribution in [0, 0.1) is 10.1 Å². The monoisotopic (exact) mass is 272 g/mol. The summed E-state index contributed by atoms with van der Waals surface area (Å²) >= 11 is 4.47. The van der Waals surface area contributed by atoms with Gasteiger partial charge in [-0.3, -0.25) is 29.9 Å². The summed E-state index contributed by atoms with van der Waals surface area (Å²) in [6, 6.07) is 0. The number of thiocarbonyl (C=S) groups is 1. The molecule has 0 amide bonds. The van der Waals surface area contributed by atoms with Crippen molar-refractivity contribution in [3.05, 3.63) is 37.1 Å². The molecule has 0 atom stereocenters. The van der Waals surface area contributed by atoms with E-state index in [1.807, 2.05) is 4.98 Å². The fourth-order valence-corrected chi connectivity index (χ4v) is 1.05. The van der Waals surface area contributed by atoms with Crippen molar-refractivity contribution in [1.29, 1.82) is 0 Å². The molecule has 0 aromatic carbocycles. The Balaban J connectivity index is 2.96. The maximum Gasteiger partial charge on any atom is 0.350 e. The summed E-state index contributed by atoms with van der Waals surface area (Å²) in [4.78, 5) is 33.8. The molecule has 0 unspecified atom stereocenters. The molecule has 1 aromatic rings. The lowest BCUT2D eigenvalue weighted by Crippen LogP contribution is -2.31. The molecular weight excluding hydrogens is 264 g/mol. The topological polar surface area (TPSA) is 148 Å². The van der Waals surface area contributed by atoms with E-state index in [1.54, 1.807) is 0 Å². The maximum absolute atomic E-state index is 11.3. The molecule has 0 radical (unpaired) electrons. The Kier molecular flexibility index (Phi) is 4.26. The average molecular weight is 272 g/mol. The number of hydrazone groups is 1. The van der Waals surface area contributed by atoms with Crippen molar-refractivity contribution in [2.45, 2.75) is 6.54 Å². The predicted molar refractivity (Wildman–Crippen MR) is 66.4 cm³/mol. The summed E-state index contributed by atoms with van der Waals surface area (Å²) in [7, 11) is 0. The first-order valence-electron chi connectivity index (χ1n) is 4.47. The summed E-state index contributed by atoms with van der Waals surface area (Å²) in [6.45, 7) is -0.0912. The first-order chi connectivity index (χ1) is 8.41. The number of hydrogen-bond acceptors (Lipinski definition) is 6. The summed E-state index contributed by atoms with van der Waals surface area (Å²) in [5.74, 6) is 0. The van der Waals surface area contributed by atoms with Gasteiger partial charge in [-0.05, 0) is 12.2 Å². The van der Waals surface area contributed by atoms with E-state index in [2.05, 4.69) is 22.7 Å². The van der Waals surface area contributed by atoms with E-state index in [1.165, 1.54) is 6.21 Å². The van der Waals surface area contributed by atoms with Gasteiger partial charge in [0.05, 0.1) is 17.7 Å². The van der Waals surface area contributed by atoms with Gasteiger partial charge in [0.1, 0.15) is 0 Å². The van der Waals surface area contributed by atoms with Crippen LogP contribution in [0.3, 0.4) is 0 Å². The van der Waals surface area contributed by atoms with Crippen LogP contribution in [-0.2, 0) is 6.54 Å². The fourth-order valence-electron chi connectivity index (χ4n) is 1.00. The minimum absolute atomic E-state index is 0.0638. The quantitative estimate of drug-likeness (QED) is 0.255. The normalized spacial score (nSPS) is 10.4. The molecule has 1 rings (SSSR count). The second-order valence-electron chi connectivity index (χ2n) is 2.97. The third-order valence-electron chi connectivity index (χ3n) is 1.73. The van der Waals surface area contributed by atoms with Crippen LogP contribution in [0.25, 0.3) is 0 Å². The van der Waals surface area contributed by atoms with E-state index in [9.17, 15) is 19.7 Å². The van der Waals surface area contributed by atoms with Crippen LogP contribution in [0.5, 0.6) is 0 Å². The van der Waals surface area contributed by atoms with Crippen molar-refractivity contribution in [3.63, 3.8) is 0 Å². The van der Waals surface area contributed by atoms with Gasteiger partial charge in [-0.25, -0.2) is 4.79 Å². The highest BCUT2D eigenvalue weighted by Gasteiger charge is 2.14. The van der Waals surface area contributed by atoms with Crippen molar-refractivity contribution < 1.29 is 4.92 Å². The minimum Gasteiger partial charge on any atom is -0.375 e. The number of H-pyrrole nitrogens is 1. The number of nitro groups is 1. The number of nitrogens with zero attached hydrogens (tertiary/aromatic N) is 3. The van der Waals surface area contributed by atoms with Gasteiger partial charge in [-0.1, -0.05) is 0 Å². The summed E-state index contributed by atoms with van der Waals surface area (Å²) < 4.78 is 0.907. The predicted octanol–water partition coefficient (Wildman–Crippen LogP) is -1.74. The first-order valence-corrected chi connectivity index (χ1v) is 4.87. The Bertz CT molecular complexity index is 617. The van der Waals surface area contributed by atoms with Crippen LogP contribution < -0.4 is 22.4 Å². The fraction of sp³-hybridized carbons (Fsp3) is 0.143.